The SMILES string of the molecule is CNCCN(C)C(=O)CC1c2ccccc2C=CN1C(C)=O.Cl. The van der Waals surface area contributed by atoms with Crippen LogP contribution in [0.5, 0.6) is 0 Å². The Morgan fingerprint density at radius 3 is 2.65 bits per heavy atom. The normalized spacial score (nSPS) is 15.6. The standard InChI is InChI=1S/C17H23N3O2.ClH/c1-13(21)20-10-8-14-6-4-5-7-15(14)16(20)12-17(22)19(3)11-9-18-2;/h4-8,10,16,18H,9,11-12H2,1-3H3;1H. The van der Waals surface area contributed by atoms with Crippen LogP contribution in [0, 0.1) is 0 Å². The summed E-state index contributed by atoms with van der Waals surface area (Å²) in [5, 5.41) is 3.03. The summed E-state index contributed by atoms with van der Waals surface area (Å²) in [6, 6.07) is 7.66. The molecule has 0 aliphatic carbocycles. The Labute approximate surface area is 143 Å². The Kier molecular flexibility index (Phi) is 7.26. The maximum atomic E-state index is 12.4. The maximum absolute atomic E-state index is 12.4. The van der Waals surface area contributed by atoms with Gasteiger partial charge < -0.3 is 15.1 Å². The summed E-state index contributed by atoms with van der Waals surface area (Å²) in [6.45, 7) is 2.93. The number of amides is 2. The third-order valence-corrected chi connectivity index (χ3v) is 3.96. The number of likely N-dealkylation sites (N-methyl/N-ethyl adjacent to an activating group) is 2. The zero-order chi connectivity index (χ0) is 16.1. The molecule has 1 aliphatic heterocycles. The first kappa shape index (κ1) is 19.2. The van der Waals surface area contributed by atoms with Crippen LogP contribution in [0.2, 0.25) is 0 Å². The molecule has 0 fully saturated rings. The first-order valence-electron chi connectivity index (χ1n) is 7.49. The lowest BCUT2D eigenvalue weighted by Gasteiger charge is -2.33. The number of hydrogen-bond donors (Lipinski definition) is 1. The summed E-state index contributed by atoms with van der Waals surface area (Å²) in [7, 11) is 3.65. The number of hydrogen-bond acceptors (Lipinski definition) is 3. The predicted octanol–water partition coefficient (Wildman–Crippen LogP) is 2.05. The Hall–Kier alpha value is -1.85. The Morgan fingerprint density at radius 2 is 2.00 bits per heavy atom. The highest BCUT2D eigenvalue weighted by molar-refractivity contribution is 5.85. The quantitative estimate of drug-likeness (QED) is 0.894. The number of halogens is 1. The van der Waals surface area contributed by atoms with Crippen LogP contribution in [-0.2, 0) is 9.59 Å². The number of nitrogens with zero attached hydrogens (tertiary/aromatic N) is 2. The summed E-state index contributed by atoms with van der Waals surface area (Å²) in [6.07, 6.45) is 3.99. The van der Waals surface area contributed by atoms with Crippen molar-refractivity contribution in [2.45, 2.75) is 19.4 Å². The highest BCUT2D eigenvalue weighted by atomic mass is 35.5. The van der Waals surface area contributed by atoms with E-state index in [0.717, 1.165) is 17.7 Å². The van der Waals surface area contributed by atoms with Crippen molar-refractivity contribution in [1.29, 1.82) is 0 Å². The number of benzene rings is 1. The van der Waals surface area contributed by atoms with Crippen molar-refractivity contribution >= 4 is 30.3 Å². The van der Waals surface area contributed by atoms with E-state index in [-0.39, 0.29) is 30.3 Å². The average Bonchev–Trinajstić information content (AvgIpc) is 2.52. The van der Waals surface area contributed by atoms with Crippen LogP contribution in [-0.4, -0.2) is 48.8 Å². The van der Waals surface area contributed by atoms with Gasteiger partial charge in [0.2, 0.25) is 11.8 Å². The average molecular weight is 338 g/mol. The Morgan fingerprint density at radius 1 is 1.30 bits per heavy atom. The molecule has 0 radical (unpaired) electrons. The number of fused-ring (bicyclic) bond motifs is 1. The Bertz CT molecular complexity index is 589. The molecule has 6 heteroatoms. The van der Waals surface area contributed by atoms with Crippen molar-refractivity contribution in [3.8, 4) is 0 Å². The van der Waals surface area contributed by atoms with Crippen LogP contribution in [0.15, 0.2) is 30.5 Å². The van der Waals surface area contributed by atoms with E-state index in [1.807, 2.05) is 37.4 Å². The summed E-state index contributed by atoms with van der Waals surface area (Å²) in [5.41, 5.74) is 2.09. The van der Waals surface area contributed by atoms with E-state index in [1.54, 1.807) is 23.0 Å². The molecule has 1 atom stereocenters. The second-order valence-electron chi connectivity index (χ2n) is 5.51. The third-order valence-electron chi connectivity index (χ3n) is 3.96. The van der Waals surface area contributed by atoms with Gasteiger partial charge in [0.1, 0.15) is 0 Å². The lowest BCUT2D eigenvalue weighted by molar-refractivity contribution is -0.133. The van der Waals surface area contributed by atoms with E-state index >= 15 is 0 Å². The molecular weight excluding hydrogens is 314 g/mol. The first-order chi connectivity index (χ1) is 10.5. The zero-order valence-electron chi connectivity index (χ0n) is 13.8. The van der Waals surface area contributed by atoms with Crippen molar-refractivity contribution < 1.29 is 9.59 Å². The fraction of sp³-hybridized carbons (Fsp3) is 0.412. The molecule has 1 N–H and O–H groups in total. The van der Waals surface area contributed by atoms with Crippen LogP contribution in [0.3, 0.4) is 0 Å². The van der Waals surface area contributed by atoms with Crippen LogP contribution < -0.4 is 5.32 Å². The topological polar surface area (TPSA) is 52.7 Å². The van der Waals surface area contributed by atoms with Gasteiger partial charge in [0.25, 0.3) is 0 Å². The minimum Gasteiger partial charge on any atom is -0.344 e. The van der Waals surface area contributed by atoms with Crippen LogP contribution in [0.1, 0.15) is 30.5 Å². The molecule has 1 unspecified atom stereocenters. The molecule has 5 nitrogen and oxygen atoms in total. The molecule has 126 valence electrons. The van der Waals surface area contributed by atoms with Gasteiger partial charge in [-0.3, -0.25) is 9.59 Å². The number of carbonyl (C=O) groups excluding carboxylic acids is 2. The molecule has 1 aromatic rings. The van der Waals surface area contributed by atoms with Gasteiger partial charge in [-0.05, 0) is 24.3 Å². The highest BCUT2D eigenvalue weighted by Crippen LogP contribution is 2.33. The maximum Gasteiger partial charge on any atom is 0.224 e. The van der Waals surface area contributed by atoms with Gasteiger partial charge in [0.15, 0.2) is 0 Å². The molecule has 0 aromatic heterocycles. The van der Waals surface area contributed by atoms with Gasteiger partial charge in [0, 0.05) is 33.3 Å². The first-order valence-corrected chi connectivity index (χ1v) is 7.49. The molecule has 0 spiro atoms. The van der Waals surface area contributed by atoms with Crippen molar-refractivity contribution in [3.63, 3.8) is 0 Å². The number of carbonyl (C=O) groups is 2. The van der Waals surface area contributed by atoms with Gasteiger partial charge >= 0.3 is 0 Å². The number of rotatable bonds is 5. The largest absolute Gasteiger partial charge is 0.344 e. The minimum atomic E-state index is -0.233. The molecular formula is C17H24ClN3O2. The molecule has 2 rings (SSSR count). The van der Waals surface area contributed by atoms with Crippen LogP contribution in [0.25, 0.3) is 6.08 Å². The van der Waals surface area contributed by atoms with Crippen LogP contribution in [0.4, 0.5) is 0 Å². The monoisotopic (exact) mass is 337 g/mol. The second-order valence-corrected chi connectivity index (χ2v) is 5.51. The fourth-order valence-corrected chi connectivity index (χ4v) is 2.64. The molecule has 1 heterocycles. The lowest BCUT2D eigenvalue weighted by atomic mass is 9.93. The Balaban J connectivity index is 0.00000264. The van der Waals surface area contributed by atoms with Crippen molar-refractivity contribution in [2.75, 3.05) is 27.2 Å². The third kappa shape index (κ3) is 4.56. The van der Waals surface area contributed by atoms with Crippen molar-refractivity contribution in [2.24, 2.45) is 0 Å². The van der Waals surface area contributed by atoms with E-state index in [4.69, 9.17) is 0 Å². The molecule has 0 saturated carbocycles. The van der Waals surface area contributed by atoms with Gasteiger partial charge in [-0.25, -0.2) is 0 Å². The van der Waals surface area contributed by atoms with E-state index < -0.39 is 0 Å². The smallest absolute Gasteiger partial charge is 0.224 e. The predicted molar refractivity (Wildman–Crippen MR) is 94.2 cm³/mol. The highest BCUT2D eigenvalue weighted by Gasteiger charge is 2.28. The summed E-state index contributed by atoms with van der Waals surface area (Å²) in [4.78, 5) is 27.7. The molecule has 0 bridgehead atoms. The van der Waals surface area contributed by atoms with Crippen molar-refractivity contribution in [3.05, 3.63) is 41.6 Å². The van der Waals surface area contributed by atoms with E-state index in [2.05, 4.69) is 5.32 Å². The van der Waals surface area contributed by atoms with Gasteiger partial charge in [-0.2, -0.15) is 0 Å². The van der Waals surface area contributed by atoms with Gasteiger partial charge in [0.05, 0.1) is 12.5 Å². The molecule has 23 heavy (non-hydrogen) atoms. The van der Waals surface area contributed by atoms with E-state index in [1.165, 1.54) is 6.92 Å². The summed E-state index contributed by atoms with van der Waals surface area (Å²) >= 11 is 0. The minimum absolute atomic E-state index is 0. The summed E-state index contributed by atoms with van der Waals surface area (Å²) in [5.74, 6) is -0.0157. The summed E-state index contributed by atoms with van der Waals surface area (Å²) < 4.78 is 0. The number of nitrogens with one attached hydrogen (secondary N) is 1. The molecule has 0 saturated heterocycles. The van der Waals surface area contributed by atoms with Crippen molar-refractivity contribution in [1.82, 2.24) is 15.1 Å². The van der Waals surface area contributed by atoms with E-state index in [0.29, 0.717) is 13.0 Å². The molecule has 1 aromatic carbocycles. The fourth-order valence-electron chi connectivity index (χ4n) is 2.64. The van der Waals surface area contributed by atoms with Gasteiger partial charge in [-0.1, -0.05) is 24.3 Å². The molecule has 1 aliphatic rings. The lowest BCUT2D eigenvalue weighted by Crippen LogP contribution is -2.38. The zero-order valence-corrected chi connectivity index (χ0v) is 14.6. The van der Waals surface area contributed by atoms with E-state index in [9.17, 15) is 9.59 Å². The molecule has 2 amide bonds. The second kappa shape index (κ2) is 8.70. The van der Waals surface area contributed by atoms with Gasteiger partial charge in [-0.15, -0.1) is 12.4 Å². The van der Waals surface area contributed by atoms with Crippen LogP contribution >= 0.6 is 12.4 Å².